The molecule has 41 heavy (non-hydrogen) atoms. The zero-order valence-corrected chi connectivity index (χ0v) is 25.6. The van der Waals surface area contributed by atoms with Gasteiger partial charge in [-0.3, -0.25) is 9.59 Å². The molecule has 0 bridgehead atoms. The third kappa shape index (κ3) is 8.97. The Bertz CT molecular complexity index is 1200. The molecule has 3 rings (SSSR count). The SMILES string of the molecule is CCCC(C)NC(=O)C(c1ccc(C)cc1C)N(C(=O)C(Cc1ccc(O)cc1)NC(=O)OC(C)(C)C)C1CCC1. The second-order valence-electron chi connectivity index (χ2n) is 12.4. The van der Waals surface area contributed by atoms with Crippen molar-refractivity contribution in [2.24, 2.45) is 0 Å². The van der Waals surface area contributed by atoms with Gasteiger partial charge in [0.25, 0.3) is 0 Å². The number of carbonyl (C=O) groups is 3. The Morgan fingerprint density at radius 1 is 1.05 bits per heavy atom. The number of alkyl carbamates (subject to hydrolysis) is 1. The molecule has 8 nitrogen and oxygen atoms in total. The molecule has 0 heterocycles. The maximum Gasteiger partial charge on any atom is 0.408 e. The summed E-state index contributed by atoms with van der Waals surface area (Å²) in [4.78, 5) is 43.3. The fourth-order valence-electron chi connectivity index (χ4n) is 5.26. The molecule has 0 aromatic heterocycles. The molecule has 3 atom stereocenters. The maximum absolute atomic E-state index is 14.6. The average Bonchev–Trinajstić information content (AvgIpc) is 2.83. The van der Waals surface area contributed by atoms with E-state index in [0.717, 1.165) is 54.4 Å². The summed E-state index contributed by atoms with van der Waals surface area (Å²) in [7, 11) is 0. The number of aryl methyl sites for hydroxylation is 2. The quantitative estimate of drug-likeness (QED) is 0.316. The lowest BCUT2D eigenvalue weighted by atomic mass is 9.86. The molecule has 1 aliphatic carbocycles. The highest BCUT2D eigenvalue weighted by molar-refractivity contribution is 5.93. The van der Waals surface area contributed by atoms with Gasteiger partial charge in [-0.1, -0.05) is 49.2 Å². The van der Waals surface area contributed by atoms with Gasteiger partial charge in [-0.25, -0.2) is 4.79 Å². The van der Waals surface area contributed by atoms with Crippen LogP contribution in [0.15, 0.2) is 42.5 Å². The molecule has 0 radical (unpaired) electrons. The Kier molecular flexibility index (Phi) is 10.8. The second-order valence-corrected chi connectivity index (χ2v) is 12.4. The maximum atomic E-state index is 14.6. The predicted octanol–water partition coefficient (Wildman–Crippen LogP) is 5.87. The van der Waals surface area contributed by atoms with Crippen LogP contribution in [0.25, 0.3) is 0 Å². The van der Waals surface area contributed by atoms with Crippen molar-refractivity contribution in [1.29, 1.82) is 0 Å². The number of hydrogen-bond acceptors (Lipinski definition) is 5. The number of carbonyl (C=O) groups excluding carboxylic acids is 3. The molecule has 1 saturated carbocycles. The van der Waals surface area contributed by atoms with Crippen LogP contribution < -0.4 is 10.6 Å². The number of aromatic hydroxyl groups is 1. The van der Waals surface area contributed by atoms with Gasteiger partial charge in [-0.15, -0.1) is 0 Å². The monoisotopic (exact) mass is 565 g/mol. The first kappa shape index (κ1) is 32.0. The highest BCUT2D eigenvalue weighted by Crippen LogP contribution is 2.35. The summed E-state index contributed by atoms with van der Waals surface area (Å²) in [6, 6.07) is 10.5. The minimum atomic E-state index is -0.982. The number of amides is 3. The predicted molar refractivity (Wildman–Crippen MR) is 161 cm³/mol. The Morgan fingerprint density at radius 3 is 2.24 bits per heavy atom. The first-order valence-electron chi connectivity index (χ1n) is 14.8. The van der Waals surface area contributed by atoms with Crippen LogP contribution in [-0.4, -0.2) is 51.6 Å². The van der Waals surface area contributed by atoms with Crippen LogP contribution >= 0.6 is 0 Å². The molecule has 0 aliphatic heterocycles. The van der Waals surface area contributed by atoms with Crippen molar-refractivity contribution in [3.8, 4) is 5.75 Å². The summed E-state index contributed by atoms with van der Waals surface area (Å²) in [5.41, 5.74) is 2.79. The van der Waals surface area contributed by atoms with Gasteiger partial charge < -0.3 is 25.4 Å². The van der Waals surface area contributed by atoms with E-state index in [-0.39, 0.29) is 36.1 Å². The topological polar surface area (TPSA) is 108 Å². The Balaban J connectivity index is 2.07. The fourth-order valence-corrected chi connectivity index (χ4v) is 5.26. The van der Waals surface area contributed by atoms with Gasteiger partial charge in [-0.2, -0.15) is 0 Å². The zero-order chi connectivity index (χ0) is 30.3. The molecule has 2 aromatic carbocycles. The molecule has 3 amide bonds. The number of ether oxygens (including phenoxy) is 1. The lowest BCUT2D eigenvalue weighted by molar-refractivity contribution is -0.147. The van der Waals surface area contributed by atoms with Gasteiger partial charge in [-0.05, 0) is 96.0 Å². The van der Waals surface area contributed by atoms with E-state index in [4.69, 9.17) is 4.74 Å². The largest absolute Gasteiger partial charge is 0.508 e. The van der Waals surface area contributed by atoms with Crippen LogP contribution in [0.4, 0.5) is 4.79 Å². The van der Waals surface area contributed by atoms with Crippen LogP contribution in [-0.2, 0) is 20.7 Å². The smallest absolute Gasteiger partial charge is 0.408 e. The Morgan fingerprint density at radius 2 is 1.71 bits per heavy atom. The number of hydrogen-bond donors (Lipinski definition) is 3. The van der Waals surface area contributed by atoms with Crippen molar-refractivity contribution in [2.45, 2.75) is 117 Å². The van der Waals surface area contributed by atoms with E-state index in [9.17, 15) is 19.5 Å². The van der Waals surface area contributed by atoms with Crippen molar-refractivity contribution >= 4 is 17.9 Å². The van der Waals surface area contributed by atoms with E-state index >= 15 is 0 Å². The molecular formula is C33H47N3O5. The van der Waals surface area contributed by atoms with Crippen molar-refractivity contribution in [1.82, 2.24) is 15.5 Å². The van der Waals surface area contributed by atoms with Gasteiger partial charge in [0.1, 0.15) is 23.4 Å². The number of phenolic OH excluding ortho intramolecular Hbond substituents is 1. The zero-order valence-electron chi connectivity index (χ0n) is 25.6. The molecular weight excluding hydrogens is 518 g/mol. The first-order valence-corrected chi connectivity index (χ1v) is 14.8. The molecule has 0 saturated heterocycles. The number of nitrogens with zero attached hydrogens (tertiary/aromatic N) is 1. The van der Waals surface area contributed by atoms with E-state index in [2.05, 4.69) is 17.6 Å². The molecule has 8 heteroatoms. The average molecular weight is 566 g/mol. The van der Waals surface area contributed by atoms with E-state index in [1.54, 1.807) is 49.9 Å². The number of nitrogens with one attached hydrogen (secondary N) is 2. The van der Waals surface area contributed by atoms with Crippen LogP contribution in [0.5, 0.6) is 5.75 Å². The molecule has 1 aliphatic rings. The third-order valence-corrected chi connectivity index (χ3v) is 7.44. The normalized spacial score (nSPS) is 15.7. The summed E-state index contributed by atoms with van der Waals surface area (Å²) in [5.74, 6) is -0.448. The van der Waals surface area contributed by atoms with E-state index in [0.29, 0.717) is 0 Å². The van der Waals surface area contributed by atoms with Gasteiger partial charge in [0, 0.05) is 18.5 Å². The number of benzene rings is 2. The molecule has 3 N–H and O–H groups in total. The van der Waals surface area contributed by atoms with Gasteiger partial charge >= 0.3 is 6.09 Å². The van der Waals surface area contributed by atoms with Crippen molar-refractivity contribution in [3.63, 3.8) is 0 Å². The third-order valence-electron chi connectivity index (χ3n) is 7.44. The van der Waals surface area contributed by atoms with Crippen LogP contribution in [0.1, 0.15) is 95.0 Å². The minimum Gasteiger partial charge on any atom is -0.508 e. The standard InChI is InChI=1S/C33H47N3O5/c1-8-10-23(4)34-30(38)29(27-18-13-21(2)19-22(27)3)36(25-11-9-12-25)31(39)28(35-32(40)41-33(5,6)7)20-24-14-16-26(37)17-15-24/h13-19,23,25,28-29,37H,8-12,20H2,1-7H3,(H,34,38)(H,35,40). The fraction of sp³-hybridized carbons (Fsp3) is 0.545. The first-order chi connectivity index (χ1) is 19.3. The van der Waals surface area contributed by atoms with E-state index in [1.165, 1.54) is 0 Å². The van der Waals surface area contributed by atoms with Gasteiger partial charge in [0.15, 0.2) is 0 Å². The minimum absolute atomic E-state index is 0.0493. The van der Waals surface area contributed by atoms with Crippen molar-refractivity contribution in [2.75, 3.05) is 0 Å². The van der Waals surface area contributed by atoms with E-state index in [1.807, 2.05) is 39.0 Å². The lowest BCUT2D eigenvalue weighted by Gasteiger charge is -2.44. The summed E-state index contributed by atoms with van der Waals surface area (Å²) in [5, 5.41) is 15.7. The highest BCUT2D eigenvalue weighted by atomic mass is 16.6. The van der Waals surface area contributed by atoms with Crippen LogP contribution in [0, 0.1) is 13.8 Å². The van der Waals surface area contributed by atoms with Crippen molar-refractivity contribution in [3.05, 3.63) is 64.7 Å². The molecule has 224 valence electrons. The number of phenols is 1. The van der Waals surface area contributed by atoms with Crippen LogP contribution in [0.2, 0.25) is 0 Å². The highest BCUT2D eigenvalue weighted by Gasteiger charge is 2.42. The number of rotatable bonds is 11. The summed E-state index contributed by atoms with van der Waals surface area (Å²) in [6.45, 7) is 13.3. The Hall–Kier alpha value is -3.55. The molecule has 2 aromatic rings. The summed E-state index contributed by atoms with van der Waals surface area (Å²) in [6.07, 6.45) is 3.75. The lowest BCUT2D eigenvalue weighted by Crippen LogP contribution is -2.58. The van der Waals surface area contributed by atoms with Gasteiger partial charge in [0.2, 0.25) is 11.8 Å². The summed E-state index contributed by atoms with van der Waals surface area (Å²) >= 11 is 0. The van der Waals surface area contributed by atoms with Gasteiger partial charge in [0.05, 0.1) is 0 Å². The Labute approximate surface area is 244 Å². The second kappa shape index (κ2) is 13.9. The van der Waals surface area contributed by atoms with E-state index < -0.39 is 23.8 Å². The van der Waals surface area contributed by atoms with Crippen molar-refractivity contribution < 1.29 is 24.2 Å². The molecule has 3 unspecified atom stereocenters. The van der Waals surface area contributed by atoms with Crippen LogP contribution in [0.3, 0.4) is 0 Å². The molecule has 1 fully saturated rings. The molecule has 0 spiro atoms. The summed E-state index contributed by atoms with van der Waals surface area (Å²) < 4.78 is 5.52.